The highest BCUT2D eigenvalue weighted by Gasteiger charge is 2.54. The van der Waals surface area contributed by atoms with Gasteiger partial charge >= 0.3 is 15.6 Å². The van der Waals surface area contributed by atoms with E-state index < -0.39 is 83.4 Å². The molecule has 25 heteroatoms. The molecule has 7 rings (SSSR count). The smallest absolute Gasteiger partial charge is 0.387 e. The van der Waals surface area contributed by atoms with E-state index in [1.807, 2.05) is 0 Å². The van der Waals surface area contributed by atoms with Crippen LogP contribution in [0.5, 0.6) is 0 Å². The third kappa shape index (κ3) is 5.53. The molecule has 47 heavy (non-hydrogen) atoms. The molecule has 6 unspecified atom stereocenters. The number of aliphatic hydroxyl groups excluding tert-OH is 2. The number of nitrogens with zero attached hydrogens (tertiary/aromatic N) is 8. The van der Waals surface area contributed by atoms with Crippen LogP contribution in [0.3, 0.4) is 0 Å². The minimum Gasteiger partial charge on any atom is -0.387 e. The van der Waals surface area contributed by atoms with Gasteiger partial charge in [-0.1, -0.05) is 0 Å². The lowest BCUT2D eigenvalue weighted by atomic mass is 10.1. The van der Waals surface area contributed by atoms with Crippen molar-refractivity contribution >= 4 is 49.7 Å². The van der Waals surface area contributed by atoms with Gasteiger partial charge in [0.25, 0.3) is 5.56 Å². The van der Waals surface area contributed by atoms with Gasteiger partial charge in [0.05, 0.1) is 25.9 Å². The van der Waals surface area contributed by atoms with E-state index in [1.54, 1.807) is 0 Å². The van der Waals surface area contributed by atoms with E-state index in [-0.39, 0.29) is 34.1 Å². The number of hydrogen-bond donors (Lipinski definition) is 6. The molecule has 3 aliphatic heterocycles. The zero-order chi connectivity index (χ0) is 33.4. The quantitative estimate of drug-likeness (QED) is 0.129. The third-order valence-corrected chi connectivity index (χ3v) is 10.8. The lowest BCUT2D eigenvalue weighted by Crippen LogP contribution is -2.37. The molecule has 3 aliphatic rings. The summed E-state index contributed by atoms with van der Waals surface area (Å²) < 4.78 is 65.4. The van der Waals surface area contributed by atoms with Crippen molar-refractivity contribution in [1.29, 1.82) is 0 Å². The summed E-state index contributed by atoms with van der Waals surface area (Å²) in [5.41, 5.74) is 11.2. The number of anilines is 2. The van der Waals surface area contributed by atoms with Crippen LogP contribution in [0.4, 0.5) is 11.8 Å². The molecular weight excluding hydrogens is 672 g/mol. The molecule has 0 spiro atoms. The Labute approximate surface area is 262 Å². The summed E-state index contributed by atoms with van der Waals surface area (Å²) in [7, 11) is -6.64. The SMILES string of the molecule is CN(C)P1(=O)OC[C@H]2O[C@@H](n3cnc4c(N)ncnc43)C(O)C2OP(=O)(O)OC[C@H]2O[C@@H](n3cnc4c(=O)[nH]c(N)nc43)C(O1)C2O. The number of phosphoric ester groups is 1. The summed E-state index contributed by atoms with van der Waals surface area (Å²) in [6.45, 7) is -1.38. The number of aliphatic hydroxyl groups is 2. The Balaban J connectivity index is 1.24. The second-order valence-electron chi connectivity index (χ2n) is 11.0. The summed E-state index contributed by atoms with van der Waals surface area (Å²) in [4.78, 5) is 45.7. The molecule has 2 bridgehead atoms. The van der Waals surface area contributed by atoms with Gasteiger partial charge in [0.1, 0.15) is 48.5 Å². The van der Waals surface area contributed by atoms with E-state index in [9.17, 15) is 29.0 Å². The van der Waals surface area contributed by atoms with Crippen LogP contribution in [0, 0.1) is 0 Å². The van der Waals surface area contributed by atoms with Crippen LogP contribution in [0.1, 0.15) is 12.5 Å². The maximum absolute atomic E-state index is 14.3. The van der Waals surface area contributed by atoms with Crippen LogP contribution in [0.25, 0.3) is 22.3 Å². The predicted molar refractivity (Wildman–Crippen MR) is 155 cm³/mol. The van der Waals surface area contributed by atoms with E-state index in [0.717, 1.165) is 4.67 Å². The van der Waals surface area contributed by atoms with Gasteiger partial charge in [0, 0.05) is 0 Å². The maximum Gasteiger partial charge on any atom is 0.472 e. The summed E-state index contributed by atoms with van der Waals surface area (Å²) in [6, 6.07) is 0. The van der Waals surface area contributed by atoms with Crippen molar-refractivity contribution in [3.05, 3.63) is 29.3 Å². The monoisotopic (exact) mass is 701 g/mol. The Bertz CT molecular complexity index is 1990. The normalized spacial score (nSPS) is 36.7. The molecule has 0 radical (unpaired) electrons. The standard InChI is InChI=1S/C22H29N11O12P2/c1-31(2)46(37)40-4-9-14(13(35)20(43-9)32-6-27-10-16(23)25-5-26-17(10)32)45-47(38,39)41-3-8-12(34)15(44-46)21(42-8)33-7-28-11-18(33)29-22(24)30-19(11)36/h5-9,12-15,20-21,34-35H,3-4H2,1-2H3,(H,38,39)(H2,23,25,26)(H3,24,29,30,36)/t8-,9-,12?,13?,14?,15?,20-,21-,46?/m1/s1. The first kappa shape index (κ1) is 32.1. The zero-order valence-electron chi connectivity index (χ0n) is 24.4. The number of rotatable bonds is 3. The fraction of sp³-hybridized carbons (Fsp3) is 0.545. The molecule has 0 saturated carbocycles. The highest BCUT2D eigenvalue weighted by atomic mass is 31.2. The summed E-state index contributed by atoms with van der Waals surface area (Å²) in [6.07, 6.45) is -8.19. The number of nitrogens with one attached hydrogen (secondary N) is 1. The van der Waals surface area contributed by atoms with Gasteiger partial charge in [0.15, 0.2) is 35.1 Å². The second-order valence-corrected chi connectivity index (χ2v) is 14.6. The number of aromatic nitrogens is 8. The van der Waals surface area contributed by atoms with Crippen LogP contribution in [-0.2, 0) is 36.7 Å². The minimum absolute atomic E-state index is 0.0576. The number of ether oxygens (including phenoxy) is 2. The van der Waals surface area contributed by atoms with Gasteiger partial charge in [0.2, 0.25) is 5.95 Å². The number of nitrogen functional groups attached to an aromatic ring is 2. The fourth-order valence-electron chi connectivity index (χ4n) is 5.51. The van der Waals surface area contributed by atoms with Gasteiger partial charge in [-0.05, 0) is 14.1 Å². The molecule has 0 aliphatic carbocycles. The topological polar surface area (TPSA) is 313 Å². The molecule has 0 amide bonds. The Hall–Kier alpha value is -3.44. The molecule has 4 aromatic heterocycles. The Morgan fingerprint density at radius 3 is 2.32 bits per heavy atom. The Morgan fingerprint density at radius 2 is 1.57 bits per heavy atom. The Morgan fingerprint density at radius 1 is 0.894 bits per heavy atom. The number of aromatic amines is 1. The van der Waals surface area contributed by atoms with Crippen molar-refractivity contribution in [2.75, 3.05) is 38.8 Å². The van der Waals surface area contributed by atoms with E-state index in [1.165, 1.54) is 42.2 Å². The average molecular weight is 701 g/mol. The molecule has 4 aromatic rings. The summed E-state index contributed by atoms with van der Waals surface area (Å²) >= 11 is 0. The van der Waals surface area contributed by atoms with Crippen molar-refractivity contribution in [3.8, 4) is 0 Å². The maximum atomic E-state index is 14.3. The molecular formula is C22H29N11O12P2. The van der Waals surface area contributed by atoms with Crippen molar-refractivity contribution in [2.45, 2.75) is 49.1 Å². The van der Waals surface area contributed by atoms with Crippen molar-refractivity contribution in [1.82, 2.24) is 43.7 Å². The summed E-state index contributed by atoms with van der Waals surface area (Å²) in [5.74, 6) is -0.179. The van der Waals surface area contributed by atoms with E-state index >= 15 is 0 Å². The van der Waals surface area contributed by atoms with Crippen molar-refractivity contribution in [2.24, 2.45) is 0 Å². The van der Waals surface area contributed by atoms with E-state index in [2.05, 4.69) is 29.9 Å². The molecule has 254 valence electrons. The lowest BCUT2D eigenvalue weighted by molar-refractivity contribution is -0.0652. The number of nitrogens with two attached hydrogens (primary N) is 2. The fourth-order valence-corrected chi connectivity index (χ4v) is 7.82. The van der Waals surface area contributed by atoms with Crippen LogP contribution >= 0.6 is 15.6 Å². The highest BCUT2D eigenvalue weighted by Crippen LogP contribution is 2.56. The highest BCUT2D eigenvalue weighted by molar-refractivity contribution is 7.51. The van der Waals surface area contributed by atoms with E-state index in [4.69, 9.17) is 39.0 Å². The Kier molecular flexibility index (Phi) is 7.94. The van der Waals surface area contributed by atoms with Crippen LogP contribution in [-0.4, -0.2) is 123 Å². The lowest BCUT2D eigenvalue weighted by Gasteiger charge is -2.31. The van der Waals surface area contributed by atoms with Crippen LogP contribution in [0.2, 0.25) is 0 Å². The first-order chi connectivity index (χ1) is 22.3. The molecule has 10 atom stereocenters. The first-order valence-electron chi connectivity index (χ1n) is 13.9. The third-order valence-electron chi connectivity index (χ3n) is 7.81. The minimum atomic E-state index is -5.03. The van der Waals surface area contributed by atoms with Crippen LogP contribution in [0.15, 0.2) is 23.8 Å². The number of hydrogen-bond acceptors (Lipinski definition) is 18. The zero-order valence-corrected chi connectivity index (χ0v) is 26.2. The average Bonchev–Trinajstić information content (AvgIpc) is 3.76. The molecule has 3 fully saturated rings. The second kappa shape index (κ2) is 11.6. The molecule has 23 nitrogen and oxygen atoms in total. The summed E-state index contributed by atoms with van der Waals surface area (Å²) in [5, 5.41) is 22.6. The van der Waals surface area contributed by atoms with Gasteiger partial charge in [-0.25, -0.2) is 33.7 Å². The predicted octanol–water partition coefficient (Wildman–Crippen LogP) is -1.77. The van der Waals surface area contributed by atoms with Crippen molar-refractivity contribution < 1.29 is 51.8 Å². The molecule has 0 aromatic carbocycles. The van der Waals surface area contributed by atoms with Gasteiger partial charge in [-0.2, -0.15) is 4.98 Å². The largest absolute Gasteiger partial charge is 0.472 e. The first-order valence-corrected chi connectivity index (χ1v) is 16.8. The number of H-pyrrole nitrogens is 1. The van der Waals surface area contributed by atoms with Gasteiger partial charge < -0.3 is 36.0 Å². The van der Waals surface area contributed by atoms with Gasteiger partial charge in [-0.3, -0.25) is 37.0 Å². The van der Waals surface area contributed by atoms with Crippen molar-refractivity contribution in [3.63, 3.8) is 0 Å². The molecule has 7 heterocycles. The van der Waals surface area contributed by atoms with Crippen LogP contribution < -0.4 is 17.0 Å². The molecule has 3 saturated heterocycles. The number of phosphoric acid groups is 1. The molecule has 8 N–H and O–H groups in total. The number of fused-ring (bicyclic) bond motifs is 5. The van der Waals surface area contributed by atoms with Gasteiger partial charge in [-0.15, -0.1) is 0 Å². The van der Waals surface area contributed by atoms with E-state index in [0.29, 0.717) is 0 Å². The number of imidazole rings is 2.